The van der Waals surface area contributed by atoms with Gasteiger partial charge in [-0.25, -0.2) is 9.97 Å². The first-order valence-corrected chi connectivity index (χ1v) is 5.08. The Labute approximate surface area is 98.0 Å². The number of nitrogens with two attached hydrogens (primary N) is 1. The third kappa shape index (κ3) is 2.63. The van der Waals surface area contributed by atoms with E-state index >= 15 is 0 Å². The van der Waals surface area contributed by atoms with Gasteiger partial charge in [0, 0.05) is 19.5 Å². The molecule has 0 saturated carbocycles. The zero-order chi connectivity index (χ0) is 12.3. The lowest BCUT2D eigenvalue weighted by Crippen LogP contribution is -2.16. The highest BCUT2D eigenvalue weighted by molar-refractivity contribution is 5.41. The maximum atomic E-state index is 5.76. The van der Waals surface area contributed by atoms with E-state index in [1.54, 1.807) is 19.5 Å². The minimum absolute atomic E-state index is 0.311. The van der Waals surface area contributed by atoms with Crippen molar-refractivity contribution < 1.29 is 9.26 Å². The average molecular weight is 235 g/mol. The van der Waals surface area contributed by atoms with E-state index in [-0.39, 0.29) is 0 Å². The summed E-state index contributed by atoms with van der Waals surface area (Å²) >= 11 is 0. The minimum Gasteiger partial charge on any atom is -0.383 e. The largest absolute Gasteiger partial charge is 0.383 e. The van der Waals surface area contributed by atoms with Gasteiger partial charge in [-0.05, 0) is 12.5 Å². The van der Waals surface area contributed by atoms with Gasteiger partial charge >= 0.3 is 0 Å². The van der Waals surface area contributed by atoms with Gasteiger partial charge < -0.3 is 15.0 Å². The van der Waals surface area contributed by atoms with Crippen molar-refractivity contribution in [2.45, 2.75) is 13.0 Å². The molecule has 0 aliphatic carbocycles. The van der Waals surface area contributed by atoms with Gasteiger partial charge in [0.15, 0.2) is 0 Å². The summed E-state index contributed by atoms with van der Waals surface area (Å²) in [6, 6.07) is -0.438. The number of aryl methyl sites for hydroxylation is 1. The van der Waals surface area contributed by atoms with Crippen molar-refractivity contribution >= 4 is 0 Å². The molecule has 1 unspecified atom stereocenters. The molecule has 0 radical (unpaired) electrons. The number of hydrogen-bond donors (Lipinski definition) is 1. The zero-order valence-corrected chi connectivity index (χ0v) is 9.62. The Bertz CT molecular complexity index is 482. The number of nitrogens with zero attached hydrogens (tertiary/aromatic N) is 4. The van der Waals surface area contributed by atoms with Crippen LogP contribution < -0.4 is 5.73 Å². The first-order valence-electron chi connectivity index (χ1n) is 5.08. The van der Waals surface area contributed by atoms with Crippen LogP contribution in [-0.2, 0) is 4.74 Å². The molecule has 2 N–H and O–H groups in total. The van der Waals surface area contributed by atoms with Crippen LogP contribution in [0.1, 0.15) is 17.5 Å². The van der Waals surface area contributed by atoms with E-state index < -0.39 is 6.04 Å². The Morgan fingerprint density at radius 1 is 1.35 bits per heavy atom. The second-order valence-corrected chi connectivity index (χ2v) is 3.60. The standard InChI is InChI=1S/C10H13N5O2/c1-6-3-12-8(13-4-6)9-14-10(17-15-9)7(11)5-16-2/h3-4,7H,5,11H2,1-2H3. The van der Waals surface area contributed by atoms with Crippen molar-refractivity contribution in [2.75, 3.05) is 13.7 Å². The van der Waals surface area contributed by atoms with E-state index in [2.05, 4.69) is 20.1 Å². The van der Waals surface area contributed by atoms with Gasteiger partial charge in [-0.1, -0.05) is 5.16 Å². The summed E-state index contributed by atoms with van der Waals surface area (Å²) in [5.41, 5.74) is 6.73. The summed E-state index contributed by atoms with van der Waals surface area (Å²) in [5.74, 6) is 1.05. The molecule has 0 spiro atoms. The van der Waals surface area contributed by atoms with Crippen molar-refractivity contribution in [3.63, 3.8) is 0 Å². The van der Waals surface area contributed by atoms with Crippen LogP contribution in [0.15, 0.2) is 16.9 Å². The van der Waals surface area contributed by atoms with Crippen LogP contribution in [0.4, 0.5) is 0 Å². The van der Waals surface area contributed by atoms with Gasteiger partial charge in [0.25, 0.3) is 0 Å². The first kappa shape index (κ1) is 11.6. The molecule has 2 aromatic heterocycles. The Balaban J connectivity index is 2.20. The fraction of sp³-hybridized carbons (Fsp3) is 0.400. The van der Waals surface area contributed by atoms with Crippen LogP contribution in [0, 0.1) is 6.92 Å². The molecule has 0 amide bonds. The Hall–Kier alpha value is -1.86. The SMILES string of the molecule is COCC(N)c1nc(-c2ncc(C)cn2)no1. The highest BCUT2D eigenvalue weighted by Gasteiger charge is 2.16. The monoisotopic (exact) mass is 235 g/mol. The van der Waals surface area contributed by atoms with Crippen molar-refractivity contribution in [2.24, 2.45) is 5.73 Å². The van der Waals surface area contributed by atoms with E-state index in [0.29, 0.717) is 24.1 Å². The molecule has 7 nitrogen and oxygen atoms in total. The number of hydrogen-bond acceptors (Lipinski definition) is 7. The van der Waals surface area contributed by atoms with Gasteiger partial charge in [0.1, 0.15) is 6.04 Å². The number of ether oxygens (including phenoxy) is 1. The molecule has 0 aromatic carbocycles. The van der Waals surface area contributed by atoms with Crippen LogP contribution in [-0.4, -0.2) is 33.8 Å². The van der Waals surface area contributed by atoms with E-state index in [0.717, 1.165) is 5.56 Å². The molecule has 1 atom stereocenters. The fourth-order valence-electron chi connectivity index (χ4n) is 1.24. The lowest BCUT2D eigenvalue weighted by molar-refractivity contribution is 0.166. The molecule has 0 fully saturated rings. The van der Waals surface area contributed by atoms with Gasteiger partial charge in [-0.15, -0.1) is 0 Å². The van der Waals surface area contributed by atoms with Crippen molar-refractivity contribution in [3.05, 3.63) is 23.8 Å². The van der Waals surface area contributed by atoms with Gasteiger partial charge in [-0.3, -0.25) is 0 Å². The summed E-state index contributed by atoms with van der Waals surface area (Å²) < 4.78 is 9.92. The molecule has 0 saturated heterocycles. The van der Waals surface area contributed by atoms with Crippen molar-refractivity contribution in [1.82, 2.24) is 20.1 Å². The summed E-state index contributed by atoms with van der Waals surface area (Å²) in [6.45, 7) is 2.22. The van der Waals surface area contributed by atoms with Gasteiger partial charge in [0.2, 0.25) is 17.5 Å². The molecule has 0 bridgehead atoms. The lowest BCUT2D eigenvalue weighted by Gasteiger charge is -2.02. The van der Waals surface area contributed by atoms with Crippen molar-refractivity contribution in [1.29, 1.82) is 0 Å². The highest BCUT2D eigenvalue weighted by atomic mass is 16.5. The Kier molecular flexibility index (Phi) is 3.40. The second kappa shape index (κ2) is 4.98. The molecule has 2 rings (SSSR count). The van der Waals surface area contributed by atoms with Crippen LogP contribution in [0.3, 0.4) is 0 Å². The van der Waals surface area contributed by atoms with E-state index in [1.807, 2.05) is 6.92 Å². The smallest absolute Gasteiger partial charge is 0.246 e. The number of methoxy groups -OCH3 is 1. The second-order valence-electron chi connectivity index (χ2n) is 3.60. The molecule has 90 valence electrons. The van der Waals surface area contributed by atoms with E-state index in [1.165, 1.54) is 0 Å². The summed E-state index contributed by atoms with van der Waals surface area (Å²) in [6.07, 6.45) is 3.38. The molecular formula is C10H13N5O2. The number of rotatable bonds is 4. The first-order chi connectivity index (χ1) is 8.20. The van der Waals surface area contributed by atoms with E-state index in [9.17, 15) is 0 Å². The molecule has 7 heteroatoms. The van der Waals surface area contributed by atoms with Gasteiger partial charge in [0.05, 0.1) is 6.61 Å². The molecule has 0 aliphatic heterocycles. The fourth-order valence-corrected chi connectivity index (χ4v) is 1.24. The molecule has 0 aliphatic rings. The van der Waals surface area contributed by atoms with Crippen LogP contribution >= 0.6 is 0 Å². The van der Waals surface area contributed by atoms with Gasteiger partial charge in [-0.2, -0.15) is 4.98 Å². The quantitative estimate of drug-likeness (QED) is 0.822. The summed E-state index contributed by atoms with van der Waals surface area (Å²) in [5, 5.41) is 3.77. The average Bonchev–Trinajstić information content (AvgIpc) is 2.80. The third-order valence-corrected chi connectivity index (χ3v) is 2.09. The molecule has 2 heterocycles. The summed E-state index contributed by atoms with van der Waals surface area (Å²) in [4.78, 5) is 12.3. The lowest BCUT2D eigenvalue weighted by atomic mass is 10.3. The van der Waals surface area contributed by atoms with Crippen LogP contribution in [0.5, 0.6) is 0 Å². The molecule has 17 heavy (non-hydrogen) atoms. The van der Waals surface area contributed by atoms with Crippen LogP contribution in [0.25, 0.3) is 11.6 Å². The number of aromatic nitrogens is 4. The third-order valence-electron chi connectivity index (χ3n) is 2.09. The molecular weight excluding hydrogens is 222 g/mol. The highest BCUT2D eigenvalue weighted by Crippen LogP contribution is 2.13. The topological polar surface area (TPSA) is 100.0 Å². The maximum Gasteiger partial charge on any atom is 0.246 e. The predicted molar refractivity (Wildman–Crippen MR) is 58.9 cm³/mol. The summed E-state index contributed by atoms with van der Waals surface area (Å²) in [7, 11) is 1.56. The maximum absolute atomic E-state index is 5.76. The van der Waals surface area contributed by atoms with Crippen molar-refractivity contribution in [3.8, 4) is 11.6 Å². The Morgan fingerprint density at radius 3 is 2.71 bits per heavy atom. The van der Waals surface area contributed by atoms with Crippen LogP contribution in [0.2, 0.25) is 0 Å². The molecule has 2 aromatic rings. The minimum atomic E-state index is -0.438. The Morgan fingerprint density at radius 2 is 2.06 bits per heavy atom. The predicted octanol–water partition coefficient (Wildman–Crippen LogP) is 0.481. The normalized spacial score (nSPS) is 12.6. The zero-order valence-electron chi connectivity index (χ0n) is 9.62. The van der Waals surface area contributed by atoms with E-state index in [4.69, 9.17) is 15.0 Å².